The first-order valence-electron chi connectivity index (χ1n) is 7.17. The molecule has 2 aromatic carbocycles. The maximum Gasteiger partial charge on any atom is 0.307 e. The van der Waals surface area contributed by atoms with Gasteiger partial charge in [0.1, 0.15) is 5.52 Å². The molecule has 1 N–H and O–H groups in total. The van der Waals surface area contributed by atoms with Crippen LogP contribution in [0.3, 0.4) is 0 Å². The van der Waals surface area contributed by atoms with E-state index in [0.29, 0.717) is 5.02 Å². The second-order valence-electron chi connectivity index (χ2n) is 5.35. The molecule has 23 heavy (non-hydrogen) atoms. The molecule has 0 aliphatic heterocycles. The topological polar surface area (TPSA) is 63.3 Å². The van der Waals surface area contributed by atoms with Crippen LogP contribution >= 0.6 is 11.6 Å². The number of nitrogens with one attached hydrogen (secondary N) is 1. The highest BCUT2D eigenvalue weighted by Gasteiger charge is 2.22. The highest BCUT2D eigenvalue weighted by atomic mass is 35.5. The zero-order chi connectivity index (χ0) is 15.8. The molecule has 114 valence electrons. The van der Waals surface area contributed by atoms with Gasteiger partial charge >= 0.3 is 6.33 Å². The monoisotopic (exact) mass is 325 g/mol. The largest absolute Gasteiger partial charge is 0.307 e. The highest BCUT2D eigenvalue weighted by molar-refractivity contribution is 6.30. The summed E-state index contributed by atoms with van der Waals surface area (Å²) in [6.07, 6.45) is 3.43. The summed E-state index contributed by atoms with van der Waals surface area (Å²) in [6.45, 7) is 0. The molecule has 1 atom stereocenters. The Morgan fingerprint density at radius 2 is 1.91 bits per heavy atom. The first kappa shape index (κ1) is 13.9. The van der Waals surface area contributed by atoms with E-state index in [1.165, 1.54) is 0 Å². The highest BCUT2D eigenvalue weighted by Crippen LogP contribution is 2.25. The van der Waals surface area contributed by atoms with Crippen LogP contribution < -0.4 is 4.68 Å². The van der Waals surface area contributed by atoms with E-state index in [0.717, 1.165) is 22.2 Å². The number of halogens is 1. The number of fused-ring (bicyclic) bond motifs is 1. The Morgan fingerprint density at radius 3 is 2.65 bits per heavy atom. The van der Waals surface area contributed by atoms with E-state index < -0.39 is 0 Å². The van der Waals surface area contributed by atoms with E-state index in [1.807, 2.05) is 42.1 Å². The first-order valence-corrected chi connectivity index (χ1v) is 7.54. The summed E-state index contributed by atoms with van der Waals surface area (Å²) >= 11 is 6.02. The Bertz CT molecular complexity index is 943. The third kappa shape index (κ3) is 2.47. The van der Waals surface area contributed by atoms with Crippen LogP contribution in [0, 0.1) is 0 Å². The number of aryl methyl sites for hydroxylation is 1. The van der Waals surface area contributed by atoms with Gasteiger partial charge in [-0.05, 0) is 29.2 Å². The maximum absolute atomic E-state index is 6.02. The van der Waals surface area contributed by atoms with Crippen molar-refractivity contribution in [2.75, 3.05) is 0 Å². The molecule has 0 aliphatic carbocycles. The van der Waals surface area contributed by atoms with Crippen LogP contribution in [0.15, 0.2) is 55.1 Å². The molecule has 0 fully saturated rings. The number of hydrogen-bond donors (Lipinski definition) is 1. The number of rotatable bonds is 3. The number of H-pyrrole nitrogens is 1. The lowest BCUT2D eigenvalue weighted by Gasteiger charge is -2.14. The van der Waals surface area contributed by atoms with Crippen molar-refractivity contribution in [1.29, 1.82) is 0 Å². The van der Waals surface area contributed by atoms with E-state index >= 15 is 0 Å². The van der Waals surface area contributed by atoms with Crippen LogP contribution in [0.4, 0.5) is 0 Å². The molecule has 0 spiro atoms. The van der Waals surface area contributed by atoms with Gasteiger partial charge in [0.05, 0.1) is 5.52 Å². The smallest absolute Gasteiger partial charge is 0.248 e. The summed E-state index contributed by atoms with van der Waals surface area (Å²) in [5, 5.41) is 12.1. The molecular weight excluding hydrogens is 312 g/mol. The fourth-order valence-electron chi connectivity index (χ4n) is 2.76. The van der Waals surface area contributed by atoms with Crippen molar-refractivity contribution >= 4 is 22.6 Å². The van der Waals surface area contributed by atoms with Crippen molar-refractivity contribution in [2.45, 2.75) is 6.04 Å². The molecule has 0 bridgehead atoms. The molecule has 4 aromatic rings. The molecule has 0 saturated carbocycles. The Balaban J connectivity index is 1.89. The van der Waals surface area contributed by atoms with Crippen molar-refractivity contribution in [2.24, 2.45) is 7.05 Å². The zero-order valence-electron chi connectivity index (χ0n) is 12.4. The summed E-state index contributed by atoms with van der Waals surface area (Å²) in [7, 11) is 1.89. The standard InChI is InChI=1S/C16H13ClN6/c1-22-15-8-12(4-7-14(15)20-21-22)16(23-10-18-9-19-23)11-2-5-13(17)6-3-11/h2-10,16H,1H3/p+1/t16-/m0/s1. The maximum atomic E-state index is 6.02. The second kappa shape index (κ2) is 5.48. The minimum Gasteiger partial charge on any atom is -0.248 e. The lowest BCUT2D eigenvalue weighted by Crippen LogP contribution is -2.42. The quantitative estimate of drug-likeness (QED) is 0.588. The van der Waals surface area contributed by atoms with Gasteiger partial charge in [0, 0.05) is 23.2 Å². The van der Waals surface area contributed by atoms with Gasteiger partial charge in [-0.15, -0.1) is 9.78 Å². The second-order valence-corrected chi connectivity index (χ2v) is 5.78. The summed E-state index contributed by atoms with van der Waals surface area (Å²) in [4.78, 5) is 4.13. The van der Waals surface area contributed by atoms with E-state index in [9.17, 15) is 0 Å². The summed E-state index contributed by atoms with van der Waals surface area (Å²) in [5.74, 6) is 0. The van der Waals surface area contributed by atoms with Crippen LogP contribution in [-0.4, -0.2) is 25.1 Å². The number of hydrogen-bond acceptors (Lipinski definition) is 3. The molecular formula is C16H14ClN6+. The van der Waals surface area contributed by atoms with Crippen molar-refractivity contribution in [3.63, 3.8) is 0 Å². The van der Waals surface area contributed by atoms with Gasteiger partial charge in [-0.1, -0.05) is 35.0 Å². The van der Waals surface area contributed by atoms with E-state index in [-0.39, 0.29) is 6.04 Å². The molecule has 0 unspecified atom stereocenters. The predicted octanol–water partition coefficient (Wildman–Crippen LogP) is 2.27. The van der Waals surface area contributed by atoms with Gasteiger partial charge in [-0.25, -0.2) is 4.68 Å². The van der Waals surface area contributed by atoms with Gasteiger partial charge in [0.15, 0.2) is 6.04 Å². The molecule has 2 aromatic heterocycles. The molecule has 0 radical (unpaired) electrons. The van der Waals surface area contributed by atoms with Crippen molar-refractivity contribution in [1.82, 2.24) is 25.1 Å². The molecule has 6 nitrogen and oxygen atoms in total. The van der Waals surface area contributed by atoms with Crippen molar-refractivity contribution in [3.05, 3.63) is 71.3 Å². The van der Waals surface area contributed by atoms with Crippen LogP contribution in [0.2, 0.25) is 5.02 Å². The van der Waals surface area contributed by atoms with Gasteiger partial charge in [-0.3, -0.25) is 0 Å². The van der Waals surface area contributed by atoms with Crippen molar-refractivity contribution < 1.29 is 4.68 Å². The molecule has 0 amide bonds. The number of aromatic amines is 1. The van der Waals surface area contributed by atoms with Crippen LogP contribution in [0.1, 0.15) is 17.2 Å². The molecule has 2 heterocycles. The normalized spacial score (nSPS) is 12.6. The minimum absolute atomic E-state index is 0.0333. The lowest BCUT2D eigenvalue weighted by molar-refractivity contribution is -0.758. The first-order chi connectivity index (χ1) is 11.2. The zero-order valence-corrected chi connectivity index (χ0v) is 13.1. The predicted molar refractivity (Wildman–Crippen MR) is 86.0 cm³/mol. The average molecular weight is 326 g/mol. The van der Waals surface area contributed by atoms with E-state index in [2.05, 4.69) is 32.5 Å². The van der Waals surface area contributed by atoms with Gasteiger partial charge in [0.2, 0.25) is 6.33 Å². The molecule has 0 saturated heterocycles. The Labute approximate surface area is 137 Å². The number of aromatic nitrogens is 6. The van der Waals surface area contributed by atoms with E-state index in [4.69, 9.17) is 11.6 Å². The lowest BCUT2D eigenvalue weighted by atomic mass is 9.98. The van der Waals surface area contributed by atoms with Gasteiger partial charge in [-0.2, -0.15) is 5.10 Å². The minimum atomic E-state index is -0.0333. The molecule has 4 rings (SSSR count). The molecule has 0 aliphatic rings. The fraction of sp³-hybridized carbons (Fsp3) is 0.125. The SMILES string of the molecule is Cn1nnc2ccc([C@H](c3ccc(Cl)cc3)[n+]3cnc[nH]3)cc21. The third-order valence-corrected chi connectivity index (χ3v) is 4.14. The summed E-state index contributed by atoms with van der Waals surface area (Å²) < 4.78 is 3.73. The Kier molecular flexibility index (Phi) is 3.31. The van der Waals surface area contributed by atoms with Crippen LogP contribution in [0.5, 0.6) is 0 Å². The number of benzene rings is 2. The summed E-state index contributed by atoms with van der Waals surface area (Å²) in [5.41, 5.74) is 4.08. The average Bonchev–Trinajstić information content (AvgIpc) is 3.21. The van der Waals surface area contributed by atoms with Crippen LogP contribution in [-0.2, 0) is 7.05 Å². The Morgan fingerprint density at radius 1 is 1.13 bits per heavy atom. The fourth-order valence-corrected chi connectivity index (χ4v) is 2.88. The van der Waals surface area contributed by atoms with Crippen LogP contribution in [0.25, 0.3) is 11.0 Å². The summed E-state index contributed by atoms with van der Waals surface area (Å²) in [6, 6.07) is 13.9. The molecule has 7 heteroatoms. The van der Waals surface area contributed by atoms with Gasteiger partial charge in [0.25, 0.3) is 0 Å². The van der Waals surface area contributed by atoms with Gasteiger partial charge < -0.3 is 0 Å². The number of nitrogens with zero attached hydrogens (tertiary/aromatic N) is 5. The van der Waals surface area contributed by atoms with E-state index in [1.54, 1.807) is 17.3 Å². The van der Waals surface area contributed by atoms with Crippen molar-refractivity contribution in [3.8, 4) is 0 Å². The third-order valence-electron chi connectivity index (χ3n) is 3.89. The Hall–Kier alpha value is -2.73.